The van der Waals surface area contributed by atoms with Crippen LogP contribution in [-0.4, -0.2) is 34.2 Å². The molecule has 0 bridgehead atoms. The summed E-state index contributed by atoms with van der Waals surface area (Å²) in [4.78, 5) is 2.60. The van der Waals surface area contributed by atoms with Gasteiger partial charge in [0.1, 0.15) is 0 Å². The van der Waals surface area contributed by atoms with E-state index in [0.29, 0.717) is 6.04 Å². The molecule has 0 aliphatic heterocycles. The third kappa shape index (κ3) is 3.45. The molecule has 1 aromatic carbocycles. The first kappa shape index (κ1) is 15.2. The van der Waals surface area contributed by atoms with Gasteiger partial charge in [0.05, 0.1) is 0 Å². The van der Waals surface area contributed by atoms with Gasteiger partial charge in [-0.2, -0.15) is 0 Å². The molecule has 0 heterocycles. The van der Waals surface area contributed by atoms with E-state index in [0.717, 1.165) is 25.9 Å². The molecule has 0 unspecified atom stereocenters. The van der Waals surface area contributed by atoms with Crippen LogP contribution >= 0.6 is 0 Å². The average molecular weight is 277 g/mol. The smallest absolute Gasteiger partial charge is 0.157 e. The van der Waals surface area contributed by atoms with Crippen molar-refractivity contribution in [2.24, 2.45) is 0 Å². The van der Waals surface area contributed by atoms with Crippen LogP contribution in [0.25, 0.3) is 0 Å². The number of hydrogen-bond donors (Lipinski definition) is 2. The van der Waals surface area contributed by atoms with Gasteiger partial charge in [0.2, 0.25) is 0 Å². The minimum Gasteiger partial charge on any atom is -0.504 e. The van der Waals surface area contributed by atoms with Crippen molar-refractivity contribution in [2.75, 3.05) is 13.1 Å². The maximum absolute atomic E-state index is 9.63. The van der Waals surface area contributed by atoms with Crippen molar-refractivity contribution in [2.45, 2.75) is 58.4 Å². The Morgan fingerprint density at radius 2 is 1.40 bits per heavy atom. The van der Waals surface area contributed by atoms with Crippen molar-refractivity contribution in [1.82, 2.24) is 4.90 Å². The highest BCUT2D eigenvalue weighted by molar-refractivity contribution is 5.48. The number of unbranched alkanes of at least 4 members (excludes halogenated alkanes) is 2. The lowest BCUT2D eigenvalue weighted by atomic mass is 10.1. The summed E-state index contributed by atoms with van der Waals surface area (Å²) in [5, 5.41) is 19.3. The lowest BCUT2D eigenvalue weighted by molar-refractivity contribution is 0.195. The Morgan fingerprint density at radius 3 is 1.80 bits per heavy atom. The molecule has 20 heavy (non-hydrogen) atoms. The van der Waals surface area contributed by atoms with Crippen LogP contribution in [0, 0.1) is 0 Å². The first-order valence-electron chi connectivity index (χ1n) is 7.93. The van der Waals surface area contributed by atoms with Gasteiger partial charge in [0.15, 0.2) is 11.5 Å². The molecule has 1 aliphatic rings. The summed E-state index contributed by atoms with van der Waals surface area (Å²) in [5.41, 5.74) is 2.39. The van der Waals surface area contributed by atoms with Crippen LogP contribution in [0.1, 0.15) is 50.7 Å². The zero-order chi connectivity index (χ0) is 14.5. The SMILES string of the molecule is CCCCN(CCCC)C1Cc2cc(O)c(O)cc2C1. The van der Waals surface area contributed by atoms with Gasteiger partial charge in [0, 0.05) is 6.04 Å². The Hall–Kier alpha value is -1.22. The summed E-state index contributed by atoms with van der Waals surface area (Å²) in [6, 6.07) is 4.01. The van der Waals surface area contributed by atoms with Crippen molar-refractivity contribution in [3.05, 3.63) is 23.3 Å². The third-order valence-electron chi connectivity index (χ3n) is 4.32. The molecule has 2 rings (SSSR count). The molecule has 0 spiro atoms. The molecule has 3 nitrogen and oxygen atoms in total. The average Bonchev–Trinajstić information content (AvgIpc) is 2.82. The zero-order valence-electron chi connectivity index (χ0n) is 12.7. The topological polar surface area (TPSA) is 43.7 Å². The summed E-state index contributed by atoms with van der Waals surface area (Å²) in [7, 11) is 0. The van der Waals surface area contributed by atoms with Crippen LogP contribution in [0.2, 0.25) is 0 Å². The first-order valence-corrected chi connectivity index (χ1v) is 7.93. The molecule has 0 atom stereocenters. The number of phenolic OH excluding ortho intramolecular Hbond substituents is 2. The molecule has 1 aliphatic carbocycles. The Bertz CT molecular complexity index is 406. The molecule has 3 heteroatoms. The predicted molar refractivity (Wildman–Crippen MR) is 82.4 cm³/mol. The highest BCUT2D eigenvalue weighted by Gasteiger charge is 2.27. The van der Waals surface area contributed by atoms with Crippen LogP contribution in [0.4, 0.5) is 0 Å². The van der Waals surface area contributed by atoms with Crippen molar-refractivity contribution in [3.63, 3.8) is 0 Å². The molecule has 0 radical (unpaired) electrons. The van der Waals surface area contributed by atoms with E-state index in [2.05, 4.69) is 18.7 Å². The minimum absolute atomic E-state index is 0.0121. The molecular weight excluding hydrogens is 250 g/mol. The van der Waals surface area contributed by atoms with Gasteiger partial charge < -0.3 is 10.2 Å². The second kappa shape index (κ2) is 6.98. The molecule has 0 amide bonds. The van der Waals surface area contributed by atoms with Gasteiger partial charge in [0.25, 0.3) is 0 Å². The summed E-state index contributed by atoms with van der Waals surface area (Å²) in [6.45, 7) is 6.79. The van der Waals surface area contributed by atoms with Crippen molar-refractivity contribution < 1.29 is 10.2 Å². The van der Waals surface area contributed by atoms with Crippen molar-refractivity contribution >= 4 is 0 Å². The molecule has 2 N–H and O–H groups in total. The molecule has 1 aromatic rings. The highest BCUT2D eigenvalue weighted by atomic mass is 16.3. The Balaban J connectivity index is 2.05. The maximum atomic E-state index is 9.63. The van der Waals surface area contributed by atoms with Gasteiger partial charge in [-0.05, 0) is 62.0 Å². The van der Waals surface area contributed by atoms with E-state index in [9.17, 15) is 10.2 Å². The second-order valence-corrected chi connectivity index (χ2v) is 5.91. The Kier molecular flexibility index (Phi) is 5.30. The van der Waals surface area contributed by atoms with E-state index in [-0.39, 0.29) is 11.5 Å². The predicted octanol–water partition coefficient (Wildman–Crippen LogP) is 3.47. The lowest BCUT2D eigenvalue weighted by Gasteiger charge is -2.28. The van der Waals surface area contributed by atoms with Gasteiger partial charge in [-0.15, -0.1) is 0 Å². The van der Waals surface area contributed by atoms with Crippen LogP contribution in [0.15, 0.2) is 12.1 Å². The number of aromatic hydroxyl groups is 2. The normalized spacial score (nSPS) is 14.9. The molecule has 0 saturated heterocycles. The number of hydrogen-bond acceptors (Lipinski definition) is 3. The monoisotopic (exact) mass is 277 g/mol. The first-order chi connectivity index (χ1) is 9.65. The summed E-state index contributed by atoms with van der Waals surface area (Å²) in [6.07, 6.45) is 6.93. The Labute approximate surface area is 122 Å². The van der Waals surface area contributed by atoms with Crippen LogP contribution < -0.4 is 0 Å². The minimum atomic E-state index is 0.0121. The molecule has 0 fully saturated rings. The third-order valence-corrected chi connectivity index (χ3v) is 4.32. The fraction of sp³-hybridized carbons (Fsp3) is 0.647. The van der Waals surface area contributed by atoms with Crippen LogP contribution in [0.5, 0.6) is 11.5 Å². The van der Waals surface area contributed by atoms with Crippen LogP contribution in [-0.2, 0) is 12.8 Å². The summed E-state index contributed by atoms with van der Waals surface area (Å²) in [5.74, 6) is 0.0242. The zero-order valence-corrected chi connectivity index (χ0v) is 12.7. The molecule has 0 saturated carbocycles. The highest BCUT2D eigenvalue weighted by Crippen LogP contribution is 2.34. The van der Waals surface area contributed by atoms with E-state index >= 15 is 0 Å². The fourth-order valence-corrected chi connectivity index (χ4v) is 3.08. The molecule has 112 valence electrons. The van der Waals surface area contributed by atoms with Crippen molar-refractivity contribution in [3.8, 4) is 11.5 Å². The van der Waals surface area contributed by atoms with Gasteiger partial charge in [-0.3, -0.25) is 4.90 Å². The fourth-order valence-electron chi connectivity index (χ4n) is 3.08. The van der Waals surface area contributed by atoms with E-state index in [1.165, 1.54) is 36.8 Å². The van der Waals surface area contributed by atoms with Gasteiger partial charge >= 0.3 is 0 Å². The summed E-state index contributed by atoms with van der Waals surface area (Å²) < 4.78 is 0. The second-order valence-electron chi connectivity index (χ2n) is 5.91. The summed E-state index contributed by atoms with van der Waals surface area (Å²) >= 11 is 0. The standard InChI is InChI=1S/C17H27NO2/c1-3-5-7-18(8-6-4-2)15-9-13-11-16(19)17(20)12-14(13)10-15/h11-12,15,19-20H,3-10H2,1-2H3. The quantitative estimate of drug-likeness (QED) is 0.750. The van der Waals surface area contributed by atoms with E-state index in [4.69, 9.17) is 0 Å². The largest absolute Gasteiger partial charge is 0.504 e. The van der Waals surface area contributed by atoms with Crippen molar-refractivity contribution in [1.29, 1.82) is 0 Å². The number of phenols is 2. The van der Waals surface area contributed by atoms with Gasteiger partial charge in [-0.25, -0.2) is 0 Å². The lowest BCUT2D eigenvalue weighted by Crippen LogP contribution is -2.37. The number of nitrogens with zero attached hydrogens (tertiary/aromatic N) is 1. The van der Waals surface area contributed by atoms with E-state index < -0.39 is 0 Å². The number of rotatable bonds is 7. The molecule has 0 aromatic heterocycles. The van der Waals surface area contributed by atoms with Crippen LogP contribution in [0.3, 0.4) is 0 Å². The Morgan fingerprint density at radius 1 is 0.950 bits per heavy atom. The molecular formula is C17H27NO2. The number of fused-ring (bicyclic) bond motifs is 1. The van der Waals surface area contributed by atoms with Gasteiger partial charge in [-0.1, -0.05) is 26.7 Å². The van der Waals surface area contributed by atoms with E-state index in [1.54, 1.807) is 12.1 Å². The number of benzene rings is 1. The van der Waals surface area contributed by atoms with E-state index in [1.807, 2.05) is 0 Å². The maximum Gasteiger partial charge on any atom is 0.157 e.